The molecular weight excluding hydrogens is 495 g/mol. The molecule has 0 saturated heterocycles. The summed E-state index contributed by atoms with van der Waals surface area (Å²) in [4.78, 5) is 27.7. The predicted octanol–water partition coefficient (Wildman–Crippen LogP) is 6.37. The lowest BCUT2D eigenvalue weighted by atomic mass is 9.78. The lowest BCUT2D eigenvalue weighted by Gasteiger charge is -2.47. The second-order valence-electron chi connectivity index (χ2n) is 10.4. The normalized spacial score (nSPS) is 15.2. The van der Waals surface area contributed by atoms with Crippen molar-refractivity contribution in [3.63, 3.8) is 0 Å². The zero-order valence-corrected chi connectivity index (χ0v) is 22.2. The molecule has 0 radical (unpaired) electrons. The summed E-state index contributed by atoms with van der Waals surface area (Å²) in [6.45, 7) is 6.89. The molecule has 5 nitrogen and oxygen atoms in total. The Hall–Kier alpha value is -3.02. The predicted molar refractivity (Wildman–Crippen MR) is 145 cm³/mol. The van der Waals surface area contributed by atoms with Gasteiger partial charge in [0.1, 0.15) is 5.54 Å². The first-order chi connectivity index (χ1) is 16.9. The van der Waals surface area contributed by atoms with E-state index in [1.54, 1.807) is 30.3 Å². The van der Waals surface area contributed by atoms with E-state index in [4.69, 9.17) is 28.9 Å². The molecule has 0 spiro atoms. The first-order valence-corrected chi connectivity index (χ1v) is 12.7. The Balaban J connectivity index is 1.97. The van der Waals surface area contributed by atoms with E-state index >= 15 is 0 Å². The van der Waals surface area contributed by atoms with Crippen molar-refractivity contribution in [2.75, 3.05) is 11.4 Å². The number of primary amides is 1. The number of carbonyl (C=O) groups excluding carboxylic acids is 1. The molecule has 0 bridgehead atoms. The Morgan fingerprint density at radius 3 is 2.22 bits per heavy atom. The SMILES string of the molecule is CC(C)(C)c1ccc(CC(C(N)=O)(c2ccc(Cl)c(Cl)c2)N2CCCc3cccc(C(=O)O)c32)cc1. The maximum absolute atomic E-state index is 13.6. The average Bonchev–Trinajstić information content (AvgIpc) is 2.83. The molecule has 0 fully saturated rings. The fourth-order valence-corrected chi connectivity index (χ4v) is 5.39. The van der Waals surface area contributed by atoms with Crippen molar-refractivity contribution in [3.8, 4) is 0 Å². The van der Waals surface area contributed by atoms with E-state index in [0.29, 0.717) is 34.3 Å². The maximum Gasteiger partial charge on any atom is 0.337 e. The monoisotopic (exact) mass is 524 g/mol. The highest BCUT2D eigenvalue weighted by Crippen LogP contribution is 2.43. The van der Waals surface area contributed by atoms with Crippen LogP contribution in [0.3, 0.4) is 0 Å². The van der Waals surface area contributed by atoms with Crippen LogP contribution in [-0.2, 0) is 28.6 Å². The van der Waals surface area contributed by atoms with Crippen LogP contribution in [-0.4, -0.2) is 23.5 Å². The van der Waals surface area contributed by atoms with Crippen molar-refractivity contribution in [1.29, 1.82) is 0 Å². The molecule has 1 aliphatic rings. The average molecular weight is 525 g/mol. The number of nitrogens with two attached hydrogens (primary N) is 1. The van der Waals surface area contributed by atoms with E-state index in [2.05, 4.69) is 32.9 Å². The molecule has 0 saturated carbocycles. The van der Waals surface area contributed by atoms with E-state index < -0.39 is 17.4 Å². The van der Waals surface area contributed by atoms with Gasteiger partial charge in [-0.2, -0.15) is 0 Å². The minimum Gasteiger partial charge on any atom is -0.478 e. The van der Waals surface area contributed by atoms with Gasteiger partial charge in [0.15, 0.2) is 0 Å². The number of hydrogen-bond donors (Lipinski definition) is 2. The van der Waals surface area contributed by atoms with Crippen LogP contribution in [0.2, 0.25) is 10.0 Å². The summed E-state index contributed by atoms with van der Waals surface area (Å²) < 4.78 is 0. The number of amides is 1. The van der Waals surface area contributed by atoms with Crippen molar-refractivity contribution in [3.05, 3.63) is 98.5 Å². The van der Waals surface area contributed by atoms with Gasteiger partial charge in [-0.1, -0.05) is 86.4 Å². The molecule has 1 aliphatic heterocycles. The fourth-order valence-electron chi connectivity index (χ4n) is 5.09. The van der Waals surface area contributed by atoms with Gasteiger partial charge in [-0.15, -0.1) is 0 Å². The van der Waals surface area contributed by atoms with E-state index in [0.717, 1.165) is 17.5 Å². The number of aromatic carboxylic acids is 1. The maximum atomic E-state index is 13.6. The molecule has 1 heterocycles. The number of halogens is 2. The van der Waals surface area contributed by atoms with Crippen LogP contribution in [0.1, 0.15) is 59.8 Å². The summed E-state index contributed by atoms with van der Waals surface area (Å²) in [5.41, 5.74) is 9.00. The molecule has 4 rings (SSSR count). The van der Waals surface area contributed by atoms with Gasteiger partial charge in [-0.25, -0.2) is 4.79 Å². The zero-order chi connectivity index (χ0) is 26.3. The molecule has 7 heteroatoms. The molecule has 0 aliphatic carbocycles. The Kier molecular flexibility index (Phi) is 7.09. The summed E-state index contributed by atoms with van der Waals surface area (Å²) in [6.07, 6.45) is 1.69. The van der Waals surface area contributed by atoms with Crippen LogP contribution in [0.4, 0.5) is 5.69 Å². The van der Waals surface area contributed by atoms with Gasteiger partial charge in [0.2, 0.25) is 5.91 Å². The largest absolute Gasteiger partial charge is 0.478 e. The lowest BCUT2D eigenvalue weighted by Crippen LogP contribution is -2.58. The van der Waals surface area contributed by atoms with Crippen LogP contribution >= 0.6 is 23.2 Å². The summed E-state index contributed by atoms with van der Waals surface area (Å²) in [7, 11) is 0. The van der Waals surface area contributed by atoms with Crippen LogP contribution < -0.4 is 10.6 Å². The highest BCUT2D eigenvalue weighted by molar-refractivity contribution is 6.42. The standard InChI is InChI=1S/C29H30Cl2N2O3/c1-28(2,3)20-11-9-18(10-12-20)17-29(27(32)36,21-13-14-23(30)24(31)16-21)33-15-5-7-19-6-4-8-22(25(19)33)26(34)35/h4,6,8-14,16H,5,7,15,17H2,1-3H3,(H2,32,36)(H,34,35). The Labute approximate surface area is 221 Å². The Morgan fingerprint density at radius 2 is 1.64 bits per heavy atom. The third-order valence-corrected chi connectivity index (χ3v) is 7.73. The molecule has 1 unspecified atom stereocenters. The third kappa shape index (κ3) is 4.70. The van der Waals surface area contributed by atoms with E-state index in [-0.39, 0.29) is 17.4 Å². The van der Waals surface area contributed by atoms with Gasteiger partial charge < -0.3 is 15.7 Å². The minimum absolute atomic E-state index is 0.0226. The van der Waals surface area contributed by atoms with Gasteiger partial charge in [0.25, 0.3) is 0 Å². The van der Waals surface area contributed by atoms with E-state index in [1.165, 1.54) is 5.56 Å². The number of rotatable bonds is 6. The van der Waals surface area contributed by atoms with Crippen molar-refractivity contribution < 1.29 is 14.7 Å². The van der Waals surface area contributed by atoms with Crippen molar-refractivity contribution >= 4 is 40.8 Å². The highest BCUT2D eigenvalue weighted by Gasteiger charge is 2.47. The van der Waals surface area contributed by atoms with Crippen LogP contribution in [0.15, 0.2) is 60.7 Å². The van der Waals surface area contributed by atoms with Crippen LogP contribution in [0, 0.1) is 0 Å². The number of carbonyl (C=O) groups is 2. The lowest BCUT2D eigenvalue weighted by molar-refractivity contribution is -0.123. The Bertz CT molecular complexity index is 1320. The minimum atomic E-state index is -1.39. The number of aryl methyl sites for hydroxylation is 1. The number of nitrogens with zero attached hydrogens (tertiary/aromatic N) is 1. The molecule has 3 aromatic rings. The quantitative estimate of drug-likeness (QED) is 0.392. The van der Waals surface area contributed by atoms with Crippen LogP contribution in [0.25, 0.3) is 0 Å². The van der Waals surface area contributed by atoms with Gasteiger partial charge in [0, 0.05) is 13.0 Å². The molecule has 188 valence electrons. The van der Waals surface area contributed by atoms with Crippen molar-refractivity contribution in [1.82, 2.24) is 0 Å². The smallest absolute Gasteiger partial charge is 0.337 e. The number of fused-ring (bicyclic) bond motifs is 1. The molecule has 3 aromatic carbocycles. The Morgan fingerprint density at radius 1 is 0.972 bits per heavy atom. The molecule has 1 amide bonds. The van der Waals surface area contributed by atoms with E-state index in [9.17, 15) is 14.7 Å². The zero-order valence-electron chi connectivity index (χ0n) is 20.6. The van der Waals surface area contributed by atoms with Gasteiger partial charge in [-0.05, 0) is 58.7 Å². The summed E-state index contributed by atoms with van der Waals surface area (Å²) >= 11 is 12.6. The fraction of sp³-hybridized carbons (Fsp3) is 0.310. The highest BCUT2D eigenvalue weighted by atomic mass is 35.5. The summed E-state index contributed by atoms with van der Waals surface area (Å²) in [5.74, 6) is -1.64. The molecular formula is C29H30Cl2N2O3. The molecule has 1 atom stereocenters. The number of para-hydroxylation sites is 1. The van der Waals surface area contributed by atoms with E-state index in [1.807, 2.05) is 23.1 Å². The molecule has 36 heavy (non-hydrogen) atoms. The number of benzene rings is 3. The number of carboxylic acid groups (broad SMARTS) is 1. The molecule has 0 aromatic heterocycles. The topological polar surface area (TPSA) is 83.6 Å². The van der Waals surface area contributed by atoms with Crippen molar-refractivity contribution in [2.24, 2.45) is 5.73 Å². The second-order valence-corrected chi connectivity index (χ2v) is 11.2. The van der Waals surface area contributed by atoms with Gasteiger partial charge in [0.05, 0.1) is 21.3 Å². The summed E-state index contributed by atoms with van der Waals surface area (Å²) in [5, 5.41) is 10.7. The van der Waals surface area contributed by atoms with Gasteiger partial charge in [-0.3, -0.25) is 4.79 Å². The van der Waals surface area contributed by atoms with Crippen LogP contribution in [0.5, 0.6) is 0 Å². The number of carboxylic acids is 1. The number of hydrogen-bond acceptors (Lipinski definition) is 3. The first kappa shape index (κ1) is 26.1. The second kappa shape index (κ2) is 9.79. The van der Waals surface area contributed by atoms with Gasteiger partial charge >= 0.3 is 5.97 Å². The third-order valence-electron chi connectivity index (χ3n) is 6.99. The number of anilines is 1. The summed E-state index contributed by atoms with van der Waals surface area (Å²) in [6, 6.07) is 18.4. The first-order valence-electron chi connectivity index (χ1n) is 11.9. The molecule has 3 N–H and O–H groups in total. The van der Waals surface area contributed by atoms with Crippen molar-refractivity contribution in [2.45, 2.75) is 51.0 Å².